The number of hydrazine groups is 1. The van der Waals surface area contributed by atoms with Gasteiger partial charge in [0.1, 0.15) is 0 Å². The predicted molar refractivity (Wildman–Crippen MR) is 89.0 cm³/mol. The number of aromatic nitrogens is 1. The summed E-state index contributed by atoms with van der Waals surface area (Å²) in [4.78, 5) is 27.7. The van der Waals surface area contributed by atoms with E-state index >= 15 is 0 Å². The van der Waals surface area contributed by atoms with Gasteiger partial charge in [-0.05, 0) is 6.07 Å². The number of methoxy groups -OCH3 is 2. The van der Waals surface area contributed by atoms with Crippen molar-refractivity contribution in [2.24, 2.45) is 12.0 Å². The number of nitrogens with zero attached hydrogens (tertiary/aromatic N) is 3. The van der Waals surface area contributed by atoms with Gasteiger partial charge in [-0.1, -0.05) is 0 Å². The van der Waals surface area contributed by atoms with Crippen molar-refractivity contribution in [3.05, 3.63) is 29.9 Å². The van der Waals surface area contributed by atoms with Gasteiger partial charge in [0, 0.05) is 20.3 Å². The molecule has 0 spiro atoms. The summed E-state index contributed by atoms with van der Waals surface area (Å²) < 4.78 is 37.5. The largest absolute Gasteiger partial charge is 0.480 e. The lowest BCUT2D eigenvalue weighted by molar-refractivity contribution is 0.0595. The Kier molecular flexibility index (Phi) is 5.40. The van der Waals surface area contributed by atoms with Crippen molar-refractivity contribution in [3.63, 3.8) is 0 Å². The number of esters is 1. The highest BCUT2D eigenvalue weighted by Gasteiger charge is 2.29. The van der Waals surface area contributed by atoms with Gasteiger partial charge in [0.15, 0.2) is 5.03 Å². The second-order valence-corrected chi connectivity index (χ2v) is 6.65. The molecule has 1 aromatic rings. The van der Waals surface area contributed by atoms with Crippen LogP contribution in [0.15, 0.2) is 34.4 Å². The molecule has 3 N–H and O–H groups in total. The van der Waals surface area contributed by atoms with Crippen molar-refractivity contribution in [1.82, 2.24) is 25.0 Å². The summed E-state index contributed by atoms with van der Waals surface area (Å²) in [6, 6.07) is 0.189. The van der Waals surface area contributed by atoms with Gasteiger partial charge in [-0.15, -0.1) is 0 Å². The average Bonchev–Trinajstić information content (AvgIpc) is 2.95. The predicted octanol–water partition coefficient (Wildman–Crippen LogP) is -0.949. The van der Waals surface area contributed by atoms with Crippen molar-refractivity contribution in [2.75, 3.05) is 21.3 Å². The second-order valence-electron chi connectivity index (χ2n) is 5.05. The van der Waals surface area contributed by atoms with Crippen LogP contribution in [0.3, 0.4) is 0 Å². The maximum Gasteiger partial charge on any atom is 0.340 e. The van der Waals surface area contributed by atoms with Crippen molar-refractivity contribution in [1.29, 1.82) is 0 Å². The molecule has 26 heavy (non-hydrogen) atoms. The van der Waals surface area contributed by atoms with Crippen LogP contribution in [0.2, 0.25) is 0 Å². The Morgan fingerprint density at radius 3 is 2.58 bits per heavy atom. The van der Waals surface area contributed by atoms with Crippen LogP contribution in [0.5, 0.6) is 0 Å². The molecule has 142 valence electrons. The summed E-state index contributed by atoms with van der Waals surface area (Å²) in [5, 5.41) is 3.27. The number of rotatable bonds is 4. The third-order valence-corrected chi connectivity index (χ3v) is 4.62. The van der Waals surface area contributed by atoms with Gasteiger partial charge in [-0.2, -0.15) is 13.4 Å². The van der Waals surface area contributed by atoms with Gasteiger partial charge >= 0.3 is 12.0 Å². The molecule has 2 amide bonds. The van der Waals surface area contributed by atoms with E-state index in [2.05, 4.69) is 20.5 Å². The minimum atomic E-state index is -4.36. The number of carbonyl (C=O) groups excluding carboxylic acids is 2. The molecule has 1 aliphatic heterocycles. The Hall–Kier alpha value is -3.22. The molecule has 0 radical (unpaired) electrons. The number of amides is 2. The summed E-state index contributed by atoms with van der Waals surface area (Å²) in [6.07, 6.45) is 2.86. The van der Waals surface area contributed by atoms with Crippen molar-refractivity contribution in [2.45, 2.75) is 5.03 Å². The SMILES string of the molecule is COC(=O)c1ccn(C)c1S(=O)(=O)NC(=O)NC1=NC(OC)=CN(C)N1. The number of urea groups is 1. The summed E-state index contributed by atoms with van der Waals surface area (Å²) in [7, 11) is 1.19. The number of aryl methyl sites for hydroxylation is 1. The molecule has 0 aromatic carbocycles. The number of hydrogen-bond acceptors (Lipinski definition) is 9. The van der Waals surface area contributed by atoms with Gasteiger partial charge in [0.25, 0.3) is 10.0 Å². The van der Waals surface area contributed by atoms with Crippen LogP contribution in [-0.2, 0) is 26.5 Å². The van der Waals surface area contributed by atoms with Crippen molar-refractivity contribution < 1.29 is 27.5 Å². The second kappa shape index (κ2) is 7.35. The van der Waals surface area contributed by atoms with Gasteiger partial charge in [0.2, 0.25) is 11.8 Å². The highest BCUT2D eigenvalue weighted by molar-refractivity contribution is 7.90. The molecule has 0 unspecified atom stereocenters. The van der Waals surface area contributed by atoms with Crippen LogP contribution in [-0.4, -0.2) is 57.2 Å². The van der Waals surface area contributed by atoms with Crippen molar-refractivity contribution in [3.8, 4) is 0 Å². The molecule has 1 aromatic heterocycles. The zero-order chi connectivity index (χ0) is 19.5. The molecule has 13 heteroatoms. The lowest BCUT2D eigenvalue weighted by atomic mass is 10.3. The monoisotopic (exact) mass is 386 g/mol. The Balaban J connectivity index is 2.19. The molecule has 0 atom stereocenters. The van der Waals surface area contributed by atoms with E-state index in [0.29, 0.717) is 0 Å². The topological polar surface area (TPSA) is 143 Å². The van der Waals surface area contributed by atoms with Gasteiger partial charge in [0.05, 0.1) is 26.0 Å². The first kappa shape index (κ1) is 19.1. The lowest BCUT2D eigenvalue weighted by Crippen LogP contribution is -2.52. The number of nitrogens with one attached hydrogen (secondary N) is 3. The number of carbonyl (C=O) groups is 2. The van der Waals surface area contributed by atoms with Gasteiger partial charge < -0.3 is 14.0 Å². The first-order valence-corrected chi connectivity index (χ1v) is 8.57. The summed E-state index contributed by atoms with van der Waals surface area (Å²) in [5.41, 5.74) is 2.46. The summed E-state index contributed by atoms with van der Waals surface area (Å²) >= 11 is 0. The number of hydrogen-bond donors (Lipinski definition) is 3. The zero-order valence-electron chi connectivity index (χ0n) is 14.4. The minimum absolute atomic E-state index is 0.0559. The van der Waals surface area contributed by atoms with E-state index in [0.717, 1.165) is 7.11 Å². The highest BCUT2D eigenvalue weighted by atomic mass is 32.2. The fraction of sp³-hybridized carbons (Fsp3) is 0.308. The minimum Gasteiger partial charge on any atom is -0.480 e. The molecule has 12 nitrogen and oxygen atoms in total. The van der Waals surface area contributed by atoms with Crippen LogP contribution >= 0.6 is 0 Å². The van der Waals surface area contributed by atoms with Crippen LogP contribution < -0.4 is 15.5 Å². The maximum absolute atomic E-state index is 12.5. The Morgan fingerprint density at radius 2 is 1.96 bits per heavy atom. The summed E-state index contributed by atoms with van der Waals surface area (Å²) in [6.45, 7) is 0. The molecule has 1 aliphatic rings. The Labute approximate surface area is 149 Å². The summed E-state index contributed by atoms with van der Waals surface area (Å²) in [5.74, 6) is -0.708. The van der Waals surface area contributed by atoms with E-state index in [-0.39, 0.29) is 17.4 Å². The van der Waals surface area contributed by atoms with Crippen LogP contribution in [0.1, 0.15) is 10.4 Å². The van der Waals surface area contributed by atoms with E-state index in [1.165, 1.54) is 42.2 Å². The van der Waals surface area contributed by atoms with Crippen molar-refractivity contribution >= 4 is 28.0 Å². The fourth-order valence-corrected chi connectivity index (χ4v) is 3.37. The highest BCUT2D eigenvalue weighted by Crippen LogP contribution is 2.17. The normalized spacial score (nSPS) is 13.9. The molecule has 2 heterocycles. The molecule has 0 saturated heterocycles. The van der Waals surface area contributed by atoms with E-state index in [4.69, 9.17) is 4.74 Å². The number of aliphatic imine (C=N–C) groups is 1. The van der Waals surface area contributed by atoms with E-state index in [1.54, 1.807) is 7.05 Å². The maximum atomic E-state index is 12.5. The van der Waals surface area contributed by atoms with Crippen LogP contribution in [0, 0.1) is 0 Å². The smallest absolute Gasteiger partial charge is 0.340 e. The fourth-order valence-electron chi connectivity index (χ4n) is 2.10. The Morgan fingerprint density at radius 1 is 1.27 bits per heavy atom. The molecule has 0 fully saturated rings. The first-order valence-electron chi connectivity index (χ1n) is 7.09. The molecular weight excluding hydrogens is 368 g/mol. The van der Waals surface area contributed by atoms with E-state index < -0.39 is 27.0 Å². The number of guanidine groups is 1. The number of sulfonamides is 1. The van der Waals surface area contributed by atoms with Crippen LogP contribution in [0.4, 0.5) is 4.79 Å². The molecule has 0 bridgehead atoms. The average molecular weight is 386 g/mol. The number of ether oxygens (including phenoxy) is 2. The Bertz CT molecular complexity index is 887. The molecule has 0 aliphatic carbocycles. The molecule has 2 rings (SSSR count). The quantitative estimate of drug-likeness (QED) is 0.562. The molecular formula is C13H18N6O6S. The molecule has 0 saturated carbocycles. The standard InChI is InChI=1S/C13H18N6O6S/c1-18-6-5-8(11(20)25-4)10(18)26(22,23)17-13(21)15-12-14-9(24-3)7-19(2)16-12/h5-7H,1-4H3,(H3,14,15,16,17,21). The zero-order valence-corrected chi connectivity index (χ0v) is 15.2. The lowest BCUT2D eigenvalue weighted by Gasteiger charge is -2.23. The first-order chi connectivity index (χ1) is 12.2. The third kappa shape index (κ3) is 4.05. The van der Waals surface area contributed by atoms with Gasteiger partial charge in [-0.3, -0.25) is 15.8 Å². The third-order valence-electron chi connectivity index (χ3n) is 3.15. The van der Waals surface area contributed by atoms with E-state index in [9.17, 15) is 18.0 Å². The van der Waals surface area contributed by atoms with Crippen LogP contribution in [0.25, 0.3) is 0 Å². The van der Waals surface area contributed by atoms with Gasteiger partial charge in [-0.25, -0.2) is 14.3 Å². The van der Waals surface area contributed by atoms with E-state index in [1.807, 2.05) is 4.72 Å².